The summed E-state index contributed by atoms with van der Waals surface area (Å²) < 4.78 is 85.0. The van der Waals surface area contributed by atoms with Gasteiger partial charge in [0.1, 0.15) is 11.5 Å². The maximum Gasteiger partial charge on any atom is 0.422 e. The summed E-state index contributed by atoms with van der Waals surface area (Å²) in [6.45, 7) is -4.07. The molecule has 0 unspecified atom stereocenters. The van der Waals surface area contributed by atoms with Crippen molar-refractivity contribution in [2.24, 2.45) is 4.99 Å². The Morgan fingerprint density at radius 3 is 1.95 bits per heavy atom. The average Bonchev–Trinajstić information content (AvgIpc) is 3.91. The van der Waals surface area contributed by atoms with E-state index in [2.05, 4.69) is 40.6 Å². The molecule has 0 radical (unpaired) electrons. The smallest absolute Gasteiger partial charge is 0.422 e. The van der Waals surface area contributed by atoms with Crippen LogP contribution in [0, 0.1) is 0 Å². The van der Waals surface area contributed by atoms with E-state index in [1.54, 1.807) is 24.3 Å². The van der Waals surface area contributed by atoms with E-state index in [-0.39, 0.29) is 34.6 Å². The van der Waals surface area contributed by atoms with E-state index in [0.717, 1.165) is 29.8 Å². The van der Waals surface area contributed by atoms with Gasteiger partial charge in [0.15, 0.2) is 13.2 Å². The lowest BCUT2D eigenvalue weighted by Gasteiger charge is -2.19. The minimum Gasteiger partial charge on any atom is -0.484 e. The number of rotatable bonds is 14. The number of aromatic nitrogens is 3. The van der Waals surface area contributed by atoms with Gasteiger partial charge in [0.25, 0.3) is 5.91 Å². The van der Waals surface area contributed by atoms with Crippen molar-refractivity contribution in [3.05, 3.63) is 88.9 Å². The van der Waals surface area contributed by atoms with Gasteiger partial charge in [-0.15, -0.1) is 0 Å². The molecule has 1 aliphatic rings. The van der Waals surface area contributed by atoms with Crippen LogP contribution in [0.25, 0.3) is 0 Å². The van der Waals surface area contributed by atoms with Crippen molar-refractivity contribution in [1.82, 2.24) is 20.3 Å². The zero-order valence-corrected chi connectivity index (χ0v) is 29.1. The fraction of sp³-hybridized carbons (Fsp3) is 0.235. The molecule has 4 aromatic rings. The quantitative estimate of drug-likeness (QED) is 0.0594. The number of benzene rings is 3. The Labute approximate surface area is 316 Å². The van der Waals surface area contributed by atoms with Crippen molar-refractivity contribution in [1.29, 1.82) is 0 Å². The Bertz CT molecular complexity index is 2110. The van der Waals surface area contributed by atoms with Gasteiger partial charge >= 0.3 is 36.1 Å². The highest BCUT2D eigenvalue weighted by Crippen LogP contribution is 2.48. The normalized spacial score (nSPS) is 13.6. The third-order valence-electron chi connectivity index (χ3n) is 7.49. The highest BCUT2D eigenvalue weighted by atomic mass is 35.5. The highest BCUT2D eigenvalue weighted by molar-refractivity contribution is 6.42. The van der Waals surface area contributed by atoms with Crippen molar-refractivity contribution >= 4 is 64.3 Å². The standard InChI is InChI=1S/C34H27ClF6N8O7/c35-20-5-3-19(4-6-20)32(13-14-32)49-30-46-29(47-31(48-30)56-17-34(39,40)41)44-22-7-1-18(2-8-22)25(50)45-24(28(53)54)15-42-26(51)27(52)43-21-9-11-23(12-10-21)55-16-33(36,37)38/h1-12H,13-17H2,(H,42,51)(H,43,52)(H,53,54)(H2,44,46,47,48,49)/b45-24-. The molecule has 1 heterocycles. The predicted octanol–water partition coefficient (Wildman–Crippen LogP) is 5.67. The number of anilines is 4. The van der Waals surface area contributed by atoms with E-state index >= 15 is 0 Å². The summed E-state index contributed by atoms with van der Waals surface area (Å²) in [7, 11) is 0. The van der Waals surface area contributed by atoms with Crippen LogP contribution < -0.4 is 30.7 Å². The van der Waals surface area contributed by atoms with Gasteiger partial charge in [-0.1, -0.05) is 23.7 Å². The Kier molecular flexibility index (Phi) is 12.3. The summed E-state index contributed by atoms with van der Waals surface area (Å²) >= 11 is 6.00. The SMILES string of the molecule is O=C(NC/C(=N/C(=O)c1ccc(Nc2nc(NC3(c4ccc(Cl)cc4)CC3)nc(OCC(F)(F)F)n2)cc1)C(=O)O)C(=O)Nc1ccc(OCC(F)(F)F)cc1. The largest absolute Gasteiger partial charge is 0.484 e. The molecule has 56 heavy (non-hydrogen) atoms. The topological polar surface area (TPSA) is 206 Å². The van der Waals surface area contributed by atoms with Gasteiger partial charge in [0.05, 0.1) is 12.1 Å². The van der Waals surface area contributed by atoms with Crippen LogP contribution in [0.2, 0.25) is 5.02 Å². The van der Waals surface area contributed by atoms with Crippen molar-refractivity contribution in [2.45, 2.75) is 30.7 Å². The molecule has 294 valence electrons. The first kappa shape index (κ1) is 40.7. The van der Waals surface area contributed by atoms with Crippen molar-refractivity contribution in [3.8, 4) is 11.8 Å². The molecular formula is C34H27ClF6N8O7. The Morgan fingerprint density at radius 1 is 0.768 bits per heavy atom. The van der Waals surface area contributed by atoms with Crippen molar-refractivity contribution < 1.29 is 60.1 Å². The van der Waals surface area contributed by atoms with E-state index in [9.17, 15) is 50.6 Å². The van der Waals surface area contributed by atoms with Gasteiger partial charge < -0.3 is 35.8 Å². The van der Waals surface area contributed by atoms with Crippen LogP contribution in [0.4, 0.5) is 49.6 Å². The van der Waals surface area contributed by atoms with E-state index in [1.165, 1.54) is 24.3 Å². The number of carboxylic acid groups (broad SMARTS) is 1. The fourth-order valence-electron chi connectivity index (χ4n) is 4.68. The summed E-state index contributed by atoms with van der Waals surface area (Å²) in [4.78, 5) is 64.7. The van der Waals surface area contributed by atoms with Crippen LogP contribution in [0.3, 0.4) is 0 Å². The Hall–Kier alpha value is -6.51. The second kappa shape index (κ2) is 16.9. The van der Waals surface area contributed by atoms with Crippen LogP contribution in [0.15, 0.2) is 77.8 Å². The predicted molar refractivity (Wildman–Crippen MR) is 186 cm³/mol. The number of alkyl halides is 6. The number of amides is 3. The van der Waals surface area contributed by atoms with Gasteiger partial charge in [0, 0.05) is 22.0 Å². The molecule has 0 saturated heterocycles. The van der Waals surface area contributed by atoms with Crippen molar-refractivity contribution in [2.75, 3.05) is 35.7 Å². The molecule has 5 N–H and O–H groups in total. The highest BCUT2D eigenvalue weighted by Gasteiger charge is 2.45. The van der Waals surface area contributed by atoms with Crippen LogP contribution in [0.1, 0.15) is 28.8 Å². The van der Waals surface area contributed by atoms with Crippen LogP contribution >= 0.6 is 11.6 Å². The molecule has 1 aliphatic carbocycles. The second-order valence-corrected chi connectivity index (χ2v) is 12.3. The average molecular weight is 809 g/mol. The van der Waals surface area contributed by atoms with Gasteiger partial charge in [0.2, 0.25) is 11.9 Å². The van der Waals surface area contributed by atoms with E-state index in [1.807, 2.05) is 5.32 Å². The monoisotopic (exact) mass is 808 g/mol. The third kappa shape index (κ3) is 12.0. The minimum atomic E-state index is -4.68. The third-order valence-corrected chi connectivity index (χ3v) is 7.74. The van der Waals surface area contributed by atoms with E-state index < -0.39 is 73.1 Å². The Morgan fingerprint density at radius 2 is 1.36 bits per heavy atom. The van der Waals surface area contributed by atoms with Crippen molar-refractivity contribution in [3.63, 3.8) is 0 Å². The number of ether oxygens (including phenoxy) is 2. The summed E-state index contributed by atoms with van der Waals surface area (Å²) in [6, 6.07) is 16.1. The Balaban J connectivity index is 1.21. The number of nitrogens with one attached hydrogen (secondary N) is 4. The number of hydrogen-bond donors (Lipinski definition) is 5. The summed E-state index contributed by atoms with van der Waals surface area (Å²) in [6.07, 6.45) is -7.92. The molecule has 3 aromatic carbocycles. The molecular weight excluding hydrogens is 782 g/mol. The molecule has 1 fully saturated rings. The number of halogens is 7. The summed E-state index contributed by atoms with van der Waals surface area (Å²) in [5.74, 6) is -5.79. The summed E-state index contributed by atoms with van der Waals surface area (Å²) in [5.41, 5.74) is -0.469. The molecule has 15 nitrogen and oxygen atoms in total. The van der Waals surface area contributed by atoms with Gasteiger partial charge in [-0.3, -0.25) is 14.4 Å². The zero-order chi connectivity index (χ0) is 40.7. The number of hydrogen-bond acceptors (Lipinski definition) is 11. The van der Waals surface area contributed by atoms with Gasteiger partial charge in [-0.05, 0) is 79.1 Å². The maximum atomic E-state index is 12.9. The fourth-order valence-corrected chi connectivity index (χ4v) is 4.81. The minimum absolute atomic E-state index is 0.00776. The molecule has 0 bridgehead atoms. The zero-order valence-electron chi connectivity index (χ0n) is 28.3. The number of carboxylic acids is 1. The molecule has 22 heteroatoms. The lowest BCUT2D eigenvalue weighted by molar-refractivity contribution is -0.155. The van der Waals surface area contributed by atoms with Gasteiger partial charge in [-0.25, -0.2) is 9.79 Å². The number of nitrogens with zero attached hydrogens (tertiary/aromatic N) is 4. The first-order chi connectivity index (χ1) is 26.4. The maximum absolute atomic E-state index is 12.9. The molecule has 5 rings (SSSR count). The number of carbonyl (C=O) groups is 4. The first-order valence-corrected chi connectivity index (χ1v) is 16.4. The van der Waals surface area contributed by atoms with E-state index in [0.29, 0.717) is 17.9 Å². The van der Waals surface area contributed by atoms with Crippen LogP contribution in [0.5, 0.6) is 11.8 Å². The van der Waals surface area contributed by atoms with Crippen LogP contribution in [-0.4, -0.2) is 81.6 Å². The first-order valence-electron chi connectivity index (χ1n) is 16.0. The molecule has 0 aliphatic heterocycles. The molecule has 3 amide bonds. The molecule has 0 atom stereocenters. The number of aliphatic carboxylic acids is 1. The molecule has 1 saturated carbocycles. The molecule has 1 aromatic heterocycles. The number of aliphatic imine (C=N–C) groups is 1. The number of carbonyl (C=O) groups excluding carboxylic acids is 3. The van der Waals surface area contributed by atoms with Crippen LogP contribution in [-0.2, 0) is 19.9 Å². The second-order valence-electron chi connectivity index (χ2n) is 11.8. The van der Waals surface area contributed by atoms with Gasteiger partial charge in [-0.2, -0.15) is 41.3 Å². The lowest BCUT2D eigenvalue weighted by Crippen LogP contribution is -2.40. The lowest BCUT2D eigenvalue weighted by atomic mass is 10.1. The summed E-state index contributed by atoms with van der Waals surface area (Å²) in [5, 5.41) is 20.1. The molecule has 0 spiro atoms. The van der Waals surface area contributed by atoms with E-state index in [4.69, 9.17) is 16.3 Å².